The van der Waals surface area contributed by atoms with E-state index in [1.165, 1.54) is 24.3 Å². The van der Waals surface area contributed by atoms with Crippen LogP contribution in [0, 0.1) is 5.82 Å². The Bertz CT molecular complexity index is 379. The summed E-state index contributed by atoms with van der Waals surface area (Å²) in [7, 11) is 1.81. The Morgan fingerprint density at radius 2 is 2.06 bits per heavy atom. The van der Waals surface area contributed by atoms with Gasteiger partial charge in [-0.3, -0.25) is 9.69 Å². The molecule has 1 unspecified atom stereocenters. The van der Waals surface area contributed by atoms with Crippen molar-refractivity contribution >= 4 is 11.6 Å². The van der Waals surface area contributed by atoms with Gasteiger partial charge in [-0.25, -0.2) is 4.39 Å². The molecule has 1 amide bonds. The number of carbonyl (C=O) groups excluding carboxylic acids is 1. The molecule has 0 aromatic heterocycles. The van der Waals surface area contributed by atoms with Gasteiger partial charge >= 0.3 is 0 Å². The molecule has 100 valence electrons. The Kier molecular flexibility index (Phi) is 5.74. The fraction of sp³-hybridized carbons (Fsp3) is 0.462. The zero-order chi connectivity index (χ0) is 13.5. The van der Waals surface area contributed by atoms with E-state index in [4.69, 9.17) is 5.11 Å². The monoisotopic (exact) mass is 254 g/mol. The Hall–Kier alpha value is -1.46. The average molecular weight is 254 g/mol. The summed E-state index contributed by atoms with van der Waals surface area (Å²) in [5.41, 5.74) is 0.574. The molecular weight excluding hydrogens is 235 g/mol. The van der Waals surface area contributed by atoms with E-state index >= 15 is 0 Å². The third-order valence-electron chi connectivity index (χ3n) is 2.47. The van der Waals surface area contributed by atoms with Gasteiger partial charge in [0.25, 0.3) is 0 Å². The second-order valence-corrected chi connectivity index (χ2v) is 4.43. The molecule has 1 rings (SSSR count). The highest BCUT2D eigenvalue weighted by Crippen LogP contribution is 2.08. The number of anilines is 1. The number of hydrogen-bond donors (Lipinski definition) is 2. The molecule has 0 saturated heterocycles. The van der Waals surface area contributed by atoms with Crippen molar-refractivity contribution in [2.24, 2.45) is 0 Å². The number of hydrogen-bond acceptors (Lipinski definition) is 3. The van der Waals surface area contributed by atoms with Crippen molar-refractivity contribution in [1.82, 2.24) is 4.90 Å². The minimum absolute atomic E-state index is 0.158. The third-order valence-corrected chi connectivity index (χ3v) is 2.47. The maximum atomic E-state index is 12.7. The summed E-state index contributed by atoms with van der Waals surface area (Å²) in [5, 5.41) is 11.8. The Balaban J connectivity index is 2.34. The smallest absolute Gasteiger partial charge is 0.238 e. The topological polar surface area (TPSA) is 52.6 Å². The lowest BCUT2D eigenvalue weighted by atomic mass is 10.2. The molecule has 1 atom stereocenters. The van der Waals surface area contributed by atoms with Crippen LogP contribution in [0.25, 0.3) is 0 Å². The van der Waals surface area contributed by atoms with Gasteiger partial charge in [0.1, 0.15) is 5.82 Å². The average Bonchev–Trinajstić information content (AvgIpc) is 2.29. The van der Waals surface area contributed by atoms with E-state index in [-0.39, 0.29) is 24.4 Å². The van der Waals surface area contributed by atoms with Crippen molar-refractivity contribution in [3.05, 3.63) is 30.1 Å². The van der Waals surface area contributed by atoms with Crippen molar-refractivity contribution < 1.29 is 14.3 Å². The third kappa shape index (κ3) is 5.75. The van der Waals surface area contributed by atoms with E-state index in [0.717, 1.165) is 0 Å². The molecule has 2 N–H and O–H groups in total. The van der Waals surface area contributed by atoms with Crippen LogP contribution in [0.2, 0.25) is 0 Å². The summed E-state index contributed by atoms with van der Waals surface area (Å²) in [4.78, 5) is 13.5. The fourth-order valence-electron chi connectivity index (χ4n) is 1.47. The quantitative estimate of drug-likeness (QED) is 0.808. The molecule has 0 saturated carbocycles. The van der Waals surface area contributed by atoms with Gasteiger partial charge in [-0.1, -0.05) is 0 Å². The molecule has 0 radical (unpaired) electrons. The molecule has 0 bridgehead atoms. The van der Waals surface area contributed by atoms with E-state index in [1.807, 2.05) is 11.9 Å². The number of amides is 1. The highest BCUT2D eigenvalue weighted by Gasteiger charge is 2.07. The molecule has 0 aliphatic heterocycles. The van der Waals surface area contributed by atoms with Gasteiger partial charge < -0.3 is 10.4 Å². The van der Waals surface area contributed by atoms with E-state index < -0.39 is 0 Å². The highest BCUT2D eigenvalue weighted by molar-refractivity contribution is 5.92. The molecule has 1 aromatic carbocycles. The predicted octanol–water partition coefficient (Wildman–Crippen LogP) is 1.47. The predicted molar refractivity (Wildman–Crippen MR) is 68.8 cm³/mol. The molecule has 0 heterocycles. The van der Waals surface area contributed by atoms with E-state index in [0.29, 0.717) is 18.7 Å². The van der Waals surface area contributed by atoms with E-state index in [1.54, 1.807) is 6.92 Å². The van der Waals surface area contributed by atoms with Crippen LogP contribution >= 0.6 is 0 Å². The molecular formula is C13H19FN2O2. The van der Waals surface area contributed by atoms with Gasteiger partial charge in [0, 0.05) is 12.2 Å². The van der Waals surface area contributed by atoms with Crippen molar-refractivity contribution in [2.45, 2.75) is 19.4 Å². The number of aliphatic hydroxyl groups is 1. The van der Waals surface area contributed by atoms with Crippen LogP contribution in [0.15, 0.2) is 24.3 Å². The molecule has 18 heavy (non-hydrogen) atoms. The van der Waals surface area contributed by atoms with Gasteiger partial charge in [-0.2, -0.15) is 0 Å². The van der Waals surface area contributed by atoms with Crippen LogP contribution in [0.5, 0.6) is 0 Å². The fourth-order valence-corrected chi connectivity index (χ4v) is 1.47. The number of benzene rings is 1. The number of likely N-dealkylation sites (N-methyl/N-ethyl adjacent to an activating group) is 1. The zero-order valence-electron chi connectivity index (χ0n) is 10.7. The maximum absolute atomic E-state index is 12.7. The SMILES string of the molecule is CC(O)CCN(C)CC(=O)Nc1ccc(F)cc1. The van der Waals surface area contributed by atoms with Crippen LogP contribution in [0.1, 0.15) is 13.3 Å². The normalized spacial score (nSPS) is 12.5. The lowest BCUT2D eigenvalue weighted by molar-refractivity contribution is -0.117. The first kappa shape index (κ1) is 14.6. The lowest BCUT2D eigenvalue weighted by Gasteiger charge is -2.17. The molecule has 4 nitrogen and oxygen atoms in total. The van der Waals surface area contributed by atoms with Crippen LogP contribution in [-0.2, 0) is 4.79 Å². The zero-order valence-corrected chi connectivity index (χ0v) is 10.7. The van der Waals surface area contributed by atoms with Crippen LogP contribution in [0.4, 0.5) is 10.1 Å². The summed E-state index contributed by atoms with van der Waals surface area (Å²) < 4.78 is 12.7. The summed E-state index contributed by atoms with van der Waals surface area (Å²) >= 11 is 0. The Morgan fingerprint density at radius 3 is 2.61 bits per heavy atom. The second-order valence-electron chi connectivity index (χ2n) is 4.43. The first-order valence-electron chi connectivity index (χ1n) is 5.89. The Labute approximate surface area is 106 Å². The van der Waals surface area contributed by atoms with Crippen molar-refractivity contribution in [3.63, 3.8) is 0 Å². The molecule has 0 spiro atoms. The summed E-state index contributed by atoms with van der Waals surface area (Å²) in [6.45, 7) is 2.60. The standard InChI is InChI=1S/C13H19FN2O2/c1-10(17)7-8-16(2)9-13(18)15-12-5-3-11(14)4-6-12/h3-6,10,17H,7-9H2,1-2H3,(H,15,18). The van der Waals surface area contributed by atoms with Gasteiger partial charge in [0.05, 0.1) is 12.6 Å². The highest BCUT2D eigenvalue weighted by atomic mass is 19.1. The van der Waals surface area contributed by atoms with Crippen molar-refractivity contribution in [1.29, 1.82) is 0 Å². The molecule has 0 fully saturated rings. The summed E-state index contributed by atoms with van der Waals surface area (Å²) in [6.07, 6.45) is 0.257. The first-order valence-corrected chi connectivity index (χ1v) is 5.89. The van der Waals surface area contributed by atoms with E-state index in [2.05, 4.69) is 5.32 Å². The van der Waals surface area contributed by atoms with E-state index in [9.17, 15) is 9.18 Å². The van der Waals surface area contributed by atoms with Crippen molar-refractivity contribution in [3.8, 4) is 0 Å². The minimum Gasteiger partial charge on any atom is -0.393 e. The minimum atomic E-state index is -0.368. The summed E-state index contributed by atoms with van der Waals surface area (Å²) in [5.74, 6) is -0.489. The molecule has 0 aliphatic carbocycles. The molecule has 5 heteroatoms. The van der Waals surface area contributed by atoms with Crippen LogP contribution in [0.3, 0.4) is 0 Å². The van der Waals surface area contributed by atoms with Gasteiger partial charge in [-0.05, 0) is 44.7 Å². The van der Waals surface area contributed by atoms with Gasteiger partial charge in [-0.15, -0.1) is 0 Å². The number of halogens is 1. The van der Waals surface area contributed by atoms with Crippen LogP contribution < -0.4 is 5.32 Å². The van der Waals surface area contributed by atoms with Gasteiger partial charge in [0.15, 0.2) is 0 Å². The second kappa shape index (κ2) is 7.08. The molecule has 1 aromatic rings. The maximum Gasteiger partial charge on any atom is 0.238 e. The van der Waals surface area contributed by atoms with Gasteiger partial charge in [0.2, 0.25) is 5.91 Å². The first-order chi connectivity index (χ1) is 8.47. The number of nitrogens with zero attached hydrogens (tertiary/aromatic N) is 1. The summed E-state index contributed by atoms with van der Waals surface area (Å²) in [6, 6.07) is 5.63. The number of aliphatic hydroxyl groups excluding tert-OH is 1. The Morgan fingerprint density at radius 1 is 1.44 bits per heavy atom. The largest absolute Gasteiger partial charge is 0.393 e. The number of carbonyl (C=O) groups is 1. The number of nitrogens with one attached hydrogen (secondary N) is 1. The van der Waals surface area contributed by atoms with Crippen molar-refractivity contribution in [2.75, 3.05) is 25.5 Å². The van der Waals surface area contributed by atoms with Crippen LogP contribution in [-0.4, -0.2) is 42.2 Å². The number of rotatable bonds is 6. The molecule has 0 aliphatic rings. The lowest BCUT2D eigenvalue weighted by Crippen LogP contribution is -2.32.